The van der Waals surface area contributed by atoms with Crippen LogP contribution in [-0.2, 0) is 14.8 Å². The number of nitrogens with zero attached hydrogens (tertiary/aromatic N) is 1. The second-order valence-electron chi connectivity index (χ2n) is 5.58. The van der Waals surface area contributed by atoms with E-state index in [4.69, 9.17) is 0 Å². The second-order valence-corrected chi connectivity index (χ2v) is 7.52. The quantitative estimate of drug-likeness (QED) is 0.890. The Labute approximate surface area is 123 Å². The molecule has 114 valence electrons. The summed E-state index contributed by atoms with van der Waals surface area (Å²) in [6.07, 6.45) is 1.74. The molecule has 0 bridgehead atoms. The maximum absolute atomic E-state index is 13.2. The summed E-state index contributed by atoms with van der Waals surface area (Å²) < 4.78 is 39.7. The van der Waals surface area contributed by atoms with Crippen molar-refractivity contribution in [1.29, 1.82) is 0 Å². The molecule has 1 aromatic rings. The van der Waals surface area contributed by atoms with Crippen LogP contribution in [0.2, 0.25) is 0 Å². The van der Waals surface area contributed by atoms with Gasteiger partial charge in [0.05, 0.1) is 4.90 Å². The fourth-order valence-electron chi connectivity index (χ4n) is 3.07. The van der Waals surface area contributed by atoms with E-state index in [1.54, 1.807) is 0 Å². The first kappa shape index (κ1) is 14.5. The van der Waals surface area contributed by atoms with Gasteiger partial charge in [0.1, 0.15) is 5.82 Å². The molecule has 3 rings (SSSR count). The highest BCUT2D eigenvalue weighted by atomic mass is 32.2. The highest BCUT2D eigenvalue weighted by Gasteiger charge is 2.38. The minimum absolute atomic E-state index is 0.0132. The number of piperidine rings is 2. The molecule has 2 atom stereocenters. The van der Waals surface area contributed by atoms with Crippen molar-refractivity contribution in [3.05, 3.63) is 30.1 Å². The van der Waals surface area contributed by atoms with Crippen molar-refractivity contribution in [2.45, 2.75) is 30.2 Å². The average Bonchev–Trinajstić information content (AvgIpc) is 2.46. The highest BCUT2D eigenvalue weighted by molar-refractivity contribution is 7.89. The largest absolute Gasteiger partial charge is 0.353 e. The molecule has 7 heteroatoms. The van der Waals surface area contributed by atoms with Crippen LogP contribution in [0.4, 0.5) is 4.39 Å². The van der Waals surface area contributed by atoms with Crippen molar-refractivity contribution in [1.82, 2.24) is 9.62 Å². The van der Waals surface area contributed by atoms with Crippen LogP contribution in [0, 0.1) is 11.7 Å². The van der Waals surface area contributed by atoms with Gasteiger partial charge in [0.2, 0.25) is 15.9 Å². The van der Waals surface area contributed by atoms with E-state index in [-0.39, 0.29) is 22.8 Å². The van der Waals surface area contributed by atoms with Gasteiger partial charge in [0.25, 0.3) is 0 Å². The summed E-state index contributed by atoms with van der Waals surface area (Å²) in [4.78, 5) is 11.4. The molecule has 1 N–H and O–H groups in total. The molecule has 2 heterocycles. The second kappa shape index (κ2) is 5.38. The minimum Gasteiger partial charge on any atom is -0.353 e. The normalized spacial score (nSPS) is 27.0. The number of sulfonamides is 1. The standard InChI is InChI=1S/C14H17FN2O3S/c15-11-2-1-3-12(8-11)21(19,20)17-7-6-13-10(9-17)4-5-14(18)16-13/h1-3,8,10,13H,4-7,9H2,(H,16,18). The molecule has 0 spiro atoms. The number of nitrogens with one attached hydrogen (secondary N) is 1. The highest BCUT2D eigenvalue weighted by Crippen LogP contribution is 2.29. The number of carbonyl (C=O) groups is 1. The molecule has 0 aliphatic carbocycles. The maximum Gasteiger partial charge on any atom is 0.243 e. The summed E-state index contributed by atoms with van der Waals surface area (Å²) in [6, 6.07) is 5.14. The first-order valence-electron chi connectivity index (χ1n) is 7.02. The van der Waals surface area contributed by atoms with Crippen molar-refractivity contribution in [3.8, 4) is 0 Å². The van der Waals surface area contributed by atoms with Gasteiger partial charge < -0.3 is 5.32 Å². The third kappa shape index (κ3) is 2.80. The molecule has 2 unspecified atom stereocenters. The zero-order chi connectivity index (χ0) is 15.0. The lowest BCUT2D eigenvalue weighted by atomic mass is 9.86. The Morgan fingerprint density at radius 2 is 2.10 bits per heavy atom. The van der Waals surface area contributed by atoms with E-state index in [0.29, 0.717) is 32.4 Å². The van der Waals surface area contributed by atoms with Gasteiger partial charge in [-0.1, -0.05) is 6.07 Å². The van der Waals surface area contributed by atoms with Gasteiger partial charge in [0, 0.05) is 25.6 Å². The summed E-state index contributed by atoms with van der Waals surface area (Å²) in [5.41, 5.74) is 0. The van der Waals surface area contributed by atoms with Crippen LogP contribution in [0.15, 0.2) is 29.2 Å². The van der Waals surface area contributed by atoms with Crippen molar-refractivity contribution >= 4 is 15.9 Å². The third-order valence-corrected chi connectivity index (χ3v) is 6.08. The predicted octanol–water partition coefficient (Wildman–Crippen LogP) is 1.11. The first-order chi connectivity index (χ1) is 9.96. The van der Waals surface area contributed by atoms with E-state index in [2.05, 4.69) is 5.32 Å². The summed E-state index contributed by atoms with van der Waals surface area (Å²) in [5.74, 6) is -0.381. The molecule has 2 aliphatic heterocycles. The topological polar surface area (TPSA) is 66.5 Å². The summed E-state index contributed by atoms with van der Waals surface area (Å²) in [7, 11) is -3.67. The Morgan fingerprint density at radius 1 is 1.29 bits per heavy atom. The summed E-state index contributed by atoms with van der Waals surface area (Å²) in [6.45, 7) is 0.726. The molecule has 0 saturated carbocycles. The number of amides is 1. The lowest BCUT2D eigenvalue weighted by molar-refractivity contribution is -0.124. The smallest absolute Gasteiger partial charge is 0.243 e. The van der Waals surface area contributed by atoms with Gasteiger partial charge >= 0.3 is 0 Å². The number of halogens is 1. The Bertz CT molecular complexity index is 662. The fourth-order valence-corrected chi connectivity index (χ4v) is 4.62. The number of hydrogen-bond donors (Lipinski definition) is 1. The van der Waals surface area contributed by atoms with Crippen LogP contribution in [-0.4, -0.2) is 37.8 Å². The number of hydrogen-bond acceptors (Lipinski definition) is 3. The molecule has 5 nitrogen and oxygen atoms in total. The van der Waals surface area contributed by atoms with Crippen LogP contribution >= 0.6 is 0 Å². The SMILES string of the molecule is O=C1CCC2CN(S(=O)(=O)c3cccc(F)c3)CCC2N1. The van der Waals surface area contributed by atoms with Crippen LogP contribution in [0.3, 0.4) is 0 Å². The zero-order valence-corrected chi connectivity index (χ0v) is 12.3. The number of benzene rings is 1. The van der Waals surface area contributed by atoms with Gasteiger partial charge in [-0.15, -0.1) is 0 Å². The lowest BCUT2D eigenvalue weighted by Crippen LogP contribution is -2.54. The van der Waals surface area contributed by atoms with Crippen molar-refractivity contribution < 1.29 is 17.6 Å². The van der Waals surface area contributed by atoms with Crippen molar-refractivity contribution in [2.24, 2.45) is 5.92 Å². The molecule has 1 aromatic carbocycles. The minimum atomic E-state index is -3.67. The average molecular weight is 312 g/mol. The molecule has 1 amide bonds. The molecule has 0 aromatic heterocycles. The van der Waals surface area contributed by atoms with Gasteiger partial charge in [0.15, 0.2) is 0 Å². The first-order valence-corrected chi connectivity index (χ1v) is 8.46. The van der Waals surface area contributed by atoms with Crippen LogP contribution in [0.5, 0.6) is 0 Å². The van der Waals surface area contributed by atoms with E-state index in [9.17, 15) is 17.6 Å². The van der Waals surface area contributed by atoms with Crippen LogP contribution in [0.25, 0.3) is 0 Å². The summed E-state index contributed by atoms with van der Waals surface area (Å²) >= 11 is 0. The van der Waals surface area contributed by atoms with Crippen molar-refractivity contribution in [2.75, 3.05) is 13.1 Å². The monoisotopic (exact) mass is 312 g/mol. The third-order valence-electron chi connectivity index (χ3n) is 4.22. The Kier molecular flexibility index (Phi) is 3.71. The fraction of sp³-hybridized carbons (Fsp3) is 0.500. The van der Waals surface area contributed by atoms with Crippen molar-refractivity contribution in [3.63, 3.8) is 0 Å². The molecular weight excluding hydrogens is 295 g/mol. The predicted molar refractivity (Wildman–Crippen MR) is 74.4 cm³/mol. The van der Waals surface area contributed by atoms with Gasteiger partial charge in [-0.25, -0.2) is 12.8 Å². The van der Waals surface area contributed by atoms with E-state index < -0.39 is 15.8 Å². The molecular formula is C14H17FN2O3S. The molecule has 0 radical (unpaired) electrons. The zero-order valence-electron chi connectivity index (χ0n) is 11.5. The molecule has 2 fully saturated rings. The van der Waals surface area contributed by atoms with E-state index in [1.165, 1.54) is 22.5 Å². The molecule has 2 saturated heterocycles. The van der Waals surface area contributed by atoms with E-state index in [0.717, 1.165) is 6.07 Å². The number of rotatable bonds is 2. The summed E-state index contributed by atoms with van der Waals surface area (Å²) in [5, 5.41) is 2.92. The van der Waals surface area contributed by atoms with Gasteiger partial charge in [-0.3, -0.25) is 4.79 Å². The maximum atomic E-state index is 13.2. The van der Waals surface area contributed by atoms with E-state index in [1.807, 2.05) is 0 Å². The Balaban J connectivity index is 1.80. The lowest BCUT2D eigenvalue weighted by Gasteiger charge is -2.40. The molecule has 21 heavy (non-hydrogen) atoms. The Hall–Kier alpha value is -1.47. The van der Waals surface area contributed by atoms with Crippen LogP contribution < -0.4 is 5.32 Å². The van der Waals surface area contributed by atoms with Gasteiger partial charge in [-0.05, 0) is 37.0 Å². The van der Waals surface area contributed by atoms with E-state index >= 15 is 0 Å². The molecule has 2 aliphatic rings. The van der Waals surface area contributed by atoms with Gasteiger partial charge in [-0.2, -0.15) is 4.31 Å². The number of fused-ring (bicyclic) bond motifs is 1. The number of carbonyl (C=O) groups excluding carboxylic acids is 1. The van der Waals surface area contributed by atoms with Crippen LogP contribution in [0.1, 0.15) is 19.3 Å². The Morgan fingerprint density at radius 3 is 2.86 bits per heavy atom.